The van der Waals surface area contributed by atoms with Gasteiger partial charge in [0.15, 0.2) is 12.0 Å². The van der Waals surface area contributed by atoms with Crippen molar-refractivity contribution in [1.29, 1.82) is 0 Å². The molecule has 110 valence electrons. The van der Waals surface area contributed by atoms with Crippen LogP contribution in [0.2, 0.25) is 15.1 Å². The number of halogens is 3. The predicted octanol–water partition coefficient (Wildman–Crippen LogP) is 4.81. The summed E-state index contributed by atoms with van der Waals surface area (Å²) >= 11 is 18.0. The summed E-state index contributed by atoms with van der Waals surface area (Å²) in [5.74, 6) is 0.516. The van der Waals surface area contributed by atoms with Crippen LogP contribution in [0.3, 0.4) is 0 Å². The Morgan fingerprint density at radius 1 is 1.09 bits per heavy atom. The first-order chi connectivity index (χ1) is 10.6. The van der Waals surface area contributed by atoms with Crippen LogP contribution < -0.4 is 0 Å². The zero-order valence-corrected chi connectivity index (χ0v) is 13.5. The van der Waals surface area contributed by atoms with Crippen molar-refractivity contribution < 1.29 is 0 Å². The fourth-order valence-corrected chi connectivity index (χ4v) is 2.65. The van der Waals surface area contributed by atoms with Crippen LogP contribution in [0.5, 0.6) is 0 Å². The van der Waals surface area contributed by atoms with E-state index < -0.39 is 0 Å². The van der Waals surface area contributed by atoms with E-state index in [1.165, 1.54) is 6.20 Å². The lowest BCUT2D eigenvalue weighted by Crippen LogP contribution is -2.02. The molecule has 0 spiro atoms. The minimum Gasteiger partial charge on any atom is -0.243 e. The fraction of sp³-hybridized carbons (Fsp3) is 0.200. The van der Waals surface area contributed by atoms with Crippen LogP contribution in [0, 0.1) is 12.1 Å². The average molecular weight is 352 g/mol. The van der Waals surface area contributed by atoms with E-state index in [9.17, 15) is 0 Å². The van der Waals surface area contributed by atoms with Gasteiger partial charge < -0.3 is 0 Å². The molecule has 22 heavy (non-hydrogen) atoms. The van der Waals surface area contributed by atoms with Crippen LogP contribution >= 0.6 is 34.8 Å². The lowest BCUT2D eigenvalue weighted by Gasteiger charge is -2.06. The molecule has 1 aliphatic heterocycles. The maximum atomic E-state index is 6.02. The molecule has 0 aliphatic carbocycles. The Kier molecular flexibility index (Phi) is 4.58. The molecule has 0 saturated carbocycles. The number of nitrogens with zero attached hydrogens (tertiary/aromatic N) is 4. The molecule has 1 aromatic heterocycles. The first-order valence-corrected chi connectivity index (χ1v) is 7.63. The number of aryl methyl sites for hydroxylation is 1. The predicted molar refractivity (Wildman–Crippen MR) is 86.9 cm³/mol. The van der Waals surface area contributed by atoms with Crippen molar-refractivity contribution in [2.45, 2.75) is 19.0 Å². The van der Waals surface area contributed by atoms with Crippen LogP contribution in [0.4, 0.5) is 0 Å². The Labute approximate surface area is 142 Å². The molecule has 1 atom stereocenters. The number of hydrogen-bond donors (Lipinski definition) is 0. The molecule has 0 radical (unpaired) electrons. The Morgan fingerprint density at radius 2 is 1.86 bits per heavy atom. The molecule has 3 rings (SSSR count). The second-order valence-corrected chi connectivity index (χ2v) is 5.83. The maximum Gasteiger partial charge on any atom is 0.198 e. The summed E-state index contributed by atoms with van der Waals surface area (Å²) in [5.41, 5.74) is 1.63. The van der Waals surface area contributed by atoms with Crippen molar-refractivity contribution >= 4 is 40.6 Å². The Hall–Kier alpha value is -1.67. The lowest BCUT2D eigenvalue weighted by atomic mass is 10.1. The summed E-state index contributed by atoms with van der Waals surface area (Å²) in [6.45, 7) is 0. The highest BCUT2D eigenvalue weighted by Crippen LogP contribution is 2.31. The molecule has 7 heteroatoms. The molecule has 2 heterocycles. The third-order valence-electron chi connectivity index (χ3n) is 3.08. The first-order valence-electron chi connectivity index (χ1n) is 6.49. The average Bonchev–Trinajstić information content (AvgIpc) is 3.00. The fourth-order valence-electron chi connectivity index (χ4n) is 2.01. The number of benzene rings is 1. The summed E-state index contributed by atoms with van der Waals surface area (Å²) in [6, 6.07) is 10.8. The molecule has 0 fully saturated rings. The van der Waals surface area contributed by atoms with Gasteiger partial charge in [0, 0.05) is 6.07 Å². The van der Waals surface area contributed by atoms with Crippen LogP contribution in [0.1, 0.15) is 17.7 Å². The van der Waals surface area contributed by atoms with Crippen molar-refractivity contribution in [3.05, 3.63) is 62.9 Å². The molecular formula is C15H9Cl3N4. The van der Waals surface area contributed by atoms with Gasteiger partial charge in [-0.05, 0) is 36.6 Å². The van der Waals surface area contributed by atoms with Crippen molar-refractivity contribution in [2.24, 2.45) is 15.2 Å². The van der Waals surface area contributed by atoms with E-state index in [-0.39, 0.29) is 6.17 Å². The molecule has 0 N–H and O–H groups in total. The van der Waals surface area contributed by atoms with Gasteiger partial charge in [-0.3, -0.25) is 0 Å². The largest absolute Gasteiger partial charge is 0.243 e. The highest BCUT2D eigenvalue weighted by molar-refractivity contribution is 6.48. The minimum absolute atomic E-state index is 0.228. The highest BCUT2D eigenvalue weighted by Gasteiger charge is 2.16. The zero-order valence-electron chi connectivity index (χ0n) is 11.2. The maximum absolute atomic E-state index is 6.02. The molecule has 1 unspecified atom stereocenters. The van der Waals surface area contributed by atoms with Gasteiger partial charge in [-0.15, -0.1) is 5.11 Å². The van der Waals surface area contributed by atoms with Gasteiger partial charge in [0.25, 0.3) is 0 Å². The molecule has 0 saturated heterocycles. The molecule has 0 amide bonds. The third-order valence-corrected chi connectivity index (χ3v) is 4.28. The van der Waals surface area contributed by atoms with Crippen molar-refractivity contribution in [3.63, 3.8) is 0 Å². The normalized spacial score (nSPS) is 16.5. The van der Waals surface area contributed by atoms with Crippen molar-refractivity contribution in [3.8, 4) is 0 Å². The molecule has 2 aromatic rings. The van der Waals surface area contributed by atoms with Gasteiger partial charge in [-0.2, -0.15) is 5.11 Å². The van der Waals surface area contributed by atoms with E-state index in [0.717, 1.165) is 12.0 Å². The number of aromatic nitrogens is 1. The SMILES string of the molecule is Clc1cc(CCC2N=NC(c3cc#ccn3)=N2)cc(Cl)c1Cl. The number of amidine groups is 1. The topological polar surface area (TPSA) is 50.0 Å². The number of rotatable bonds is 4. The second kappa shape index (κ2) is 6.62. The monoisotopic (exact) mass is 350 g/mol. The van der Waals surface area contributed by atoms with Crippen LogP contribution in [0.15, 0.2) is 39.6 Å². The van der Waals surface area contributed by atoms with Crippen LogP contribution in [-0.2, 0) is 6.42 Å². The Bertz CT molecular complexity index is 721. The van der Waals surface area contributed by atoms with Crippen molar-refractivity contribution in [2.75, 3.05) is 0 Å². The van der Waals surface area contributed by atoms with Gasteiger partial charge in [0.1, 0.15) is 5.69 Å². The number of hydrogen-bond acceptors (Lipinski definition) is 4. The number of aliphatic imine (C=N–C) groups is 1. The van der Waals surface area contributed by atoms with E-state index in [4.69, 9.17) is 34.8 Å². The van der Waals surface area contributed by atoms with E-state index in [1.54, 1.807) is 18.2 Å². The Morgan fingerprint density at radius 3 is 2.55 bits per heavy atom. The minimum atomic E-state index is -0.228. The first kappa shape index (κ1) is 15.2. The van der Waals surface area contributed by atoms with E-state index in [1.807, 2.05) is 0 Å². The van der Waals surface area contributed by atoms with E-state index in [2.05, 4.69) is 32.3 Å². The van der Waals surface area contributed by atoms with Gasteiger partial charge in [-0.1, -0.05) is 40.9 Å². The zero-order chi connectivity index (χ0) is 15.5. The molecule has 0 bridgehead atoms. The highest BCUT2D eigenvalue weighted by atomic mass is 35.5. The van der Waals surface area contributed by atoms with Crippen LogP contribution in [0.25, 0.3) is 0 Å². The molecule has 4 nitrogen and oxygen atoms in total. The summed E-state index contributed by atoms with van der Waals surface area (Å²) in [7, 11) is 0. The molecular weight excluding hydrogens is 343 g/mol. The van der Waals surface area contributed by atoms with E-state index in [0.29, 0.717) is 33.0 Å². The lowest BCUT2D eigenvalue weighted by molar-refractivity contribution is 0.640. The van der Waals surface area contributed by atoms with Crippen LogP contribution in [-0.4, -0.2) is 17.0 Å². The van der Waals surface area contributed by atoms with Crippen molar-refractivity contribution in [1.82, 2.24) is 4.98 Å². The van der Waals surface area contributed by atoms with Gasteiger partial charge in [0.2, 0.25) is 0 Å². The summed E-state index contributed by atoms with van der Waals surface area (Å²) in [5, 5.41) is 9.45. The summed E-state index contributed by atoms with van der Waals surface area (Å²) < 4.78 is 0. The summed E-state index contributed by atoms with van der Waals surface area (Å²) in [6.07, 6.45) is 2.72. The molecule has 1 aromatic carbocycles. The molecule has 1 aliphatic rings. The van der Waals surface area contributed by atoms with E-state index >= 15 is 0 Å². The van der Waals surface area contributed by atoms with Gasteiger partial charge >= 0.3 is 0 Å². The van der Waals surface area contributed by atoms with Gasteiger partial charge in [-0.25, -0.2) is 9.98 Å². The quantitative estimate of drug-likeness (QED) is 0.729. The smallest absolute Gasteiger partial charge is 0.198 e. The Balaban J connectivity index is 1.66. The van der Waals surface area contributed by atoms with Gasteiger partial charge in [0.05, 0.1) is 21.3 Å². The number of azo groups is 1. The third kappa shape index (κ3) is 3.38. The summed E-state index contributed by atoms with van der Waals surface area (Å²) in [4.78, 5) is 8.56. The second-order valence-electron chi connectivity index (χ2n) is 4.64. The standard InChI is InChI=1S/C15H9Cl3N4/c16-10-7-9(8-11(17)14(10)18)4-5-13-20-15(22-21-13)12-3-1-2-6-19-12/h3,6-8,13H,4-5H2.